The summed E-state index contributed by atoms with van der Waals surface area (Å²) in [4.78, 5) is 34.5. The van der Waals surface area contributed by atoms with E-state index >= 15 is 0 Å². The average Bonchev–Trinajstić information content (AvgIpc) is 3.21. The summed E-state index contributed by atoms with van der Waals surface area (Å²) in [6.07, 6.45) is 3.33. The van der Waals surface area contributed by atoms with Gasteiger partial charge in [0.1, 0.15) is 17.2 Å². The lowest BCUT2D eigenvalue weighted by molar-refractivity contribution is 0.551. The highest BCUT2D eigenvalue weighted by atomic mass is 19.1. The first kappa shape index (κ1) is 17.0. The second kappa shape index (κ2) is 6.35. The van der Waals surface area contributed by atoms with Crippen molar-refractivity contribution in [2.75, 3.05) is 0 Å². The van der Waals surface area contributed by atoms with Crippen molar-refractivity contribution < 1.29 is 4.39 Å². The summed E-state index contributed by atoms with van der Waals surface area (Å²) in [5.74, 6) is 0.118. The van der Waals surface area contributed by atoms with Gasteiger partial charge in [-0.3, -0.25) is 19.0 Å². The molecule has 3 aromatic heterocycles. The number of halogens is 1. The Hall–Kier alpha value is -3.49. The summed E-state index contributed by atoms with van der Waals surface area (Å²) in [6.45, 7) is 3.92. The maximum Gasteiger partial charge on any atom is 0.330 e. The van der Waals surface area contributed by atoms with E-state index in [4.69, 9.17) is 0 Å². The van der Waals surface area contributed by atoms with Gasteiger partial charge < -0.3 is 4.98 Å². The standard InChI is InChI=1S/C18H17FN6O2/c1-10(2)25-17(26)14-16(23-18(25)27)22-15(21-14)12-7-20-24(9-12)8-11-4-3-5-13(19)6-11/h3-7,9-10H,8H2,1-2H3,(H,21,22)(H,23,27). The number of imidazole rings is 1. The third-order valence-corrected chi connectivity index (χ3v) is 4.24. The predicted molar refractivity (Wildman–Crippen MR) is 98.1 cm³/mol. The monoisotopic (exact) mass is 368 g/mol. The minimum atomic E-state index is -0.498. The van der Waals surface area contributed by atoms with E-state index in [-0.39, 0.29) is 23.0 Å². The predicted octanol–water partition coefficient (Wildman–Crippen LogP) is 2.04. The van der Waals surface area contributed by atoms with Crippen LogP contribution in [-0.2, 0) is 6.54 Å². The second-order valence-electron chi connectivity index (χ2n) is 6.56. The molecule has 2 N–H and O–H groups in total. The number of aromatic nitrogens is 6. The molecule has 0 fully saturated rings. The van der Waals surface area contributed by atoms with Crippen molar-refractivity contribution in [1.29, 1.82) is 0 Å². The fraction of sp³-hybridized carbons (Fsp3) is 0.222. The lowest BCUT2D eigenvalue weighted by atomic mass is 10.2. The molecule has 8 nitrogen and oxygen atoms in total. The van der Waals surface area contributed by atoms with Gasteiger partial charge >= 0.3 is 5.69 Å². The van der Waals surface area contributed by atoms with E-state index in [0.717, 1.165) is 10.1 Å². The van der Waals surface area contributed by atoms with Gasteiger partial charge in [0.15, 0.2) is 5.65 Å². The molecule has 1 aromatic carbocycles. The SMILES string of the molecule is CC(C)n1c(=O)[nH]c2nc(-c3cnn(Cc4cccc(F)c4)c3)[nH]c2c1=O. The maximum absolute atomic E-state index is 13.3. The molecule has 0 radical (unpaired) electrons. The summed E-state index contributed by atoms with van der Waals surface area (Å²) in [7, 11) is 0. The van der Waals surface area contributed by atoms with Crippen LogP contribution in [0.4, 0.5) is 4.39 Å². The molecule has 0 aliphatic rings. The topological polar surface area (TPSA) is 101 Å². The van der Waals surface area contributed by atoms with Crippen molar-refractivity contribution in [3.63, 3.8) is 0 Å². The molecule has 27 heavy (non-hydrogen) atoms. The lowest BCUT2D eigenvalue weighted by Crippen LogP contribution is -2.36. The van der Waals surface area contributed by atoms with Crippen molar-refractivity contribution in [1.82, 2.24) is 29.3 Å². The summed E-state index contributed by atoms with van der Waals surface area (Å²) >= 11 is 0. The van der Waals surface area contributed by atoms with E-state index in [1.807, 2.05) is 6.07 Å². The fourth-order valence-electron chi connectivity index (χ4n) is 2.99. The van der Waals surface area contributed by atoms with E-state index < -0.39 is 11.2 Å². The molecule has 0 saturated heterocycles. The highest BCUT2D eigenvalue weighted by Crippen LogP contribution is 2.17. The Morgan fingerprint density at radius 2 is 2.04 bits per heavy atom. The van der Waals surface area contributed by atoms with Crippen LogP contribution >= 0.6 is 0 Å². The van der Waals surface area contributed by atoms with E-state index in [2.05, 4.69) is 20.1 Å². The Morgan fingerprint density at radius 1 is 1.22 bits per heavy atom. The van der Waals surface area contributed by atoms with E-state index in [1.165, 1.54) is 12.1 Å². The Labute approximate surface area is 152 Å². The Morgan fingerprint density at radius 3 is 2.78 bits per heavy atom. The average molecular weight is 368 g/mol. The molecule has 4 rings (SSSR count). The maximum atomic E-state index is 13.3. The Balaban J connectivity index is 1.71. The van der Waals surface area contributed by atoms with Crippen molar-refractivity contribution in [2.45, 2.75) is 26.4 Å². The third kappa shape index (κ3) is 3.07. The molecule has 3 heterocycles. The first-order chi connectivity index (χ1) is 12.9. The minimum Gasteiger partial charge on any atom is -0.332 e. The summed E-state index contributed by atoms with van der Waals surface area (Å²) in [5, 5.41) is 4.25. The third-order valence-electron chi connectivity index (χ3n) is 4.24. The van der Waals surface area contributed by atoms with Gasteiger partial charge in [-0.05, 0) is 31.5 Å². The smallest absolute Gasteiger partial charge is 0.330 e. The number of H-pyrrole nitrogens is 2. The number of fused-ring (bicyclic) bond motifs is 1. The van der Waals surface area contributed by atoms with Crippen LogP contribution < -0.4 is 11.2 Å². The molecule has 0 amide bonds. The normalized spacial score (nSPS) is 11.6. The second-order valence-corrected chi connectivity index (χ2v) is 6.56. The van der Waals surface area contributed by atoms with Crippen molar-refractivity contribution in [3.05, 3.63) is 68.9 Å². The van der Waals surface area contributed by atoms with Gasteiger partial charge in [0.25, 0.3) is 5.56 Å². The van der Waals surface area contributed by atoms with Crippen molar-refractivity contribution in [3.8, 4) is 11.4 Å². The van der Waals surface area contributed by atoms with Crippen LogP contribution in [0.1, 0.15) is 25.5 Å². The Kier molecular flexibility index (Phi) is 3.98. The van der Waals surface area contributed by atoms with Crippen molar-refractivity contribution in [2.24, 2.45) is 0 Å². The first-order valence-corrected chi connectivity index (χ1v) is 8.44. The van der Waals surface area contributed by atoms with Gasteiger partial charge in [-0.25, -0.2) is 14.2 Å². The zero-order valence-electron chi connectivity index (χ0n) is 14.7. The van der Waals surface area contributed by atoms with Gasteiger partial charge in [0.2, 0.25) is 0 Å². The van der Waals surface area contributed by atoms with Gasteiger partial charge in [-0.2, -0.15) is 5.10 Å². The molecule has 0 saturated carbocycles. The molecular formula is C18H17FN6O2. The van der Waals surface area contributed by atoms with E-state index in [1.54, 1.807) is 37.0 Å². The molecule has 0 bridgehead atoms. The number of aromatic amines is 2. The van der Waals surface area contributed by atoms with Crippen molar-refractivity contribution >= 4 is 11.2 Å². The fourth-order valence-corrected chi connectivity index (χ4v) is 2.99. The zero-order chi connectivity index (χ0) is 19.1. The Bertz CT molecular complexity index is 1250. The first-order valence-electron chi connectivity index (χ1n) is 8.44. The number of rotatable bonds is 4. The largest absolute Gasteiger partial charge is 0.332 e. The van der Waals surface area contributed by atoms with Gasteiger partial charge in [-0.1, -0.05) is 12.1 Å². The van der Waals surface area contributed by atoms with E-state index in [0.29, 0.717) is 17.9 Å². The van der Waals surface area contributed by atoms with Crippen LogP contribution in [0.2, 0.25) is 0 Å². The molecule has 0 atom stereocenters. The minimum absolute atomic E-state index is 0.204. The van der Waals surface area contributed by atoms with Gasteiger partial charge in [0.05, 0.1) is 18.3 Å². The summed E-state index contributed by atoms with van der Waals surface area (Å²) < 4.78 is 16.1. The highest BCUT2D eigenvalue weighted by Gasteiger charge is 2.15. The molecule has 4 aromatic rings. The van der Waals surface area contributed by atoms with Crippen LogP contribution in [0.25, 0.3) is 22.6 Å². The zero-order valence-corrected chi connectivity index (χ0v) is 14.7. The number of benzene rings is 1. The van der Waals surface area contributed by atoms with Crippen LogP contribution in [0.15, 0.2) is 46.2 Å². The number of nitrogens with one attached hydrogen (secondary N) is 2. The number of hydrogen-bond acceptors (Lipinski definition) is 4. The van der Waals surface area contributed by atoms with Gasteiger partial charge in [-0.15, -0.1) is 0 Å². The van der Waals surface area contributed by atoms with E-state index in [9.17, 15) is 14.0 Å². The molecule has 0 unspecified atom stereocenters. The van der Waals surface area contributed by atoms with Crippen LogP contribution in [0, 0.1) is 5.82 Å². The highest BCUT2D eigenvalue weighted by molar-refractivity contribution is 5.74. The molecule has 0 aliphatic heterocycles. The molecular weight excluding hydrogens is 351 g/mol. The summed E-state index contributed by atoms with van der Waals surface area (Å²) in [5.41, 5.74) is 0.945. The summed E-state index contributed by atoms with van der Waals surface area (Å²) in [6, 6.07) is 6.01. The molecule has 9 heteroatoms. The quantitative estimate of drug-likeness (QED) is 0.575. The lowest BCUT2D eigenvalue weighted by Gasteiger charge is -2.06. The molecule has 138 valence electrons. The van der Waals surface area contributed by atoms with Crippen LogP contribution in [-0.4, -0.2) is 29.3 Å². The number of nitrogens with zero attached hydrogens (tertiary/aromatic N) is 4. The molecule has 0 aliphatic carbocycles. The van der Waals surface area contributed by atoms with Crippen LogP contribution in [0.5, 0.6) is 0 Å². The molecule has 0 spiro atoms. The van der Waals surface area contributed by atoms with Gasteiger partial charge in [0, 0.05) is 12.2 Å². The number of hydrogen-bond donors (Lipinski definition) is 2. The van der Waals surface area contributed by atoms with Crippen LogP contribution in [0.3, 0.4) is 0 Å².